The fourth-order valence-corrected chi connectivity index (χ4v) is 2.14. The van der Waals surface area contributed by atoms with Crippen LogP contribution in [0.1, 0.15) is 12.5 Å². The summed E-state index contributed by atoms with van der Waals surface area (Å²) >= 11 is 0. The van der Waals surface area contributed by atoms with Crippen LogP contribution < -0.4 is 15.1 Å². The van der Waals surface area contributed by atoms with E-state index >= 15 is 0 Å². The summed E-state index contributed by atoms with van der Waals surface area (Å²) in [6, 6.07) is 5.54. The maximum atomic E-state index is 12.0. The maximum Gasteiger partial charge on any atom is 0.344 e. The van der Waals surface area contributed by atoms with Crippen molar-refractivity contribution in [3.05, 3.63) is 46.5 Å². The minimum absolute atomic E-state index is 0.200. The third kappa shape index (κ3) is 0.934. The van der Waals surface area contributed by atoms with E-state index in [2.05, 4.69) is 0 Å². The Hall–Kier alpha value is -2.10. The Balaban J connectivity index is 2.70. The van der Waals surface area contributed by atoms with Crippen LogP contribution in [0.3, 0.4) is 0 Å². The minimum atomic E-state index is -0.204. The Bertz CT molecular complexity index is 730. The third-order valence-electron chi connectivity index (χ3n) is 2.94. The fraction of sp³-hybridized carbons (Fsp3) is 0.167. The van der Waals surface area contributed by atoms with Crippen LogP contribution in [0.2, 0.25) is 0 Å². The quantitative estimate of drug-likeness (QED) is 0.540. The highest BCUT2D eigenvalue weighted by Crippen LogP contribution is 2.13. The van der Waals surface area contributed by atoms with Gasteiger partial charge in [0, 0.05) is 0 Å². The van der Waals surface area contributed by atoms with Crippen LogP contribution in [-0.2, 0) is 6.42 Å². The predicted octanol–water partition coefficient (Wildman–Crippen LogP) is 0.112. The molecular formula is C12H10N2O2. The highest BCUT2D eigenvalue weighted by atomic mass is 16.3. The smallest absolute Gasteiger partial charge is 0.344 e. The van der Waals surface area contributed by atoms with E-state index in [1.807, 2.05) is 25.1 Å². The van der Waals surface area contributed by atoms with Gasteiger partial charge in [0.1, 0.15) is 6.20 Å². The van der Waals surface area contributed by atoms with Crippen molar-refractivity contribution in [2.24, 2.45) is 0 Å². The largest absolute Gasteiger partial charge is 0.842 e. The molecule has 0 fully saturated rings. The molecule has 0 radical (unpaired) electrons. The number of nitrogens with zero attached hydrogens (tertiary/aromatic N) is 2. The molecule has 0 bridgehead atoms. The first-order chi connectivity index (χ1) is 7.74. The molecule has 0 N–H and O–H groups in total. The molecule has 16 heavy (non-hydrogen) atoms. The zero-order valence-electron chi connectivity index (χ0n) is 8.80. The summed E-state index contributed by atoms with van der Waals surface area (Å²) in [7, 11) is 0. The van der Waals surface area contributed by atoms with Gasteiger partial charge in [0.2, 0.25) is 0 Å². The lowest BCUT2D eigenvalue weighted by atomic mass is 10.2. The predicted molar refractivity (Wildman–Crippen MR) is 56.8 cm³/mol. The van der Waals surface area contributed by atoms with E-state index in [0.29, 0.717) is 17.6 Å². The van der Waals surface area contributed by atoms with Crippen molar-refractivity contribution in [1.29, 1.82) is 0 Å². The van der Waals surface area contributed by atoms with E-state index in [1.54, 1.807) is 12.4 Å². The zero-order chi connectivity index (χ0) is 11.3. The molecular weight excluding hydrogens is 204 g/mol. The normalized spacial score (nSPS) is 11.6. The van der Waals surface area contributed by atoms with E-state index in [-0.39, 0.29) is 11.4 Å². The maximum absolute atomic E-state index is 12.0. The molecule has 80 valence electrons. The van der Waals surface area contributed by atoms with Crippen molar-refractivity contribution in [1.82, 2.24) is 4.40 Å². The summed E-state index contributed by atoms with van der Waals surface area (Å²) in [5.41, 5.74) is 0.796. The van der Waals surface area contributed by atoms with Gasteiger partial charge in [0.05, 0.1) is 23.0 Å². The lowest BCUT2D eigenvalue weighted by Crippen LogP contribution is -2.36. The van der Waals surface area contributed by atoms with E-state index in [0.717, 1.165) is 5.39 Å². The highest BCUT2D eigenvalue weighted by Gasteiger charge is 2.17. The molecule has 0 unspecified atom stereocenters. The number of aromatic nitrogens is 2. The third-order valence-corrected chi connectivity index (χ3v) is 2.94. The lowest BCUT2D eigenvalue weighted by molar-refractivity contribution is -0.587. The molecule has 0 amide bonds. The minimum Gasteiger partial charge on any atom is -0.842 e. The van der Waals surface area contributed by atoms with E-state index in [1.165, 1.54) is 8.80 Å². The molecule has 0 saturated carbocycles. The number of rotatable bonds is 1. The first-order valence-corrected chi connectivity index (χ1v) is 5.21. The second-order valence-corrected chi connectivity index (χ2v) is 3.79. The van der Waals surface area contributed by atoms with Crippen molar-refractivity contribution >= 4 is 11.0 Å². The highest BCUT2D eigenvalue weighted by molar-refractivity contribution is 5.73. The molecule has 4 heteroatoms. The second kappa shape index (κ2) is 2.95. The van der Waals surface area contributed by atoms with Crippen molar-refractivity contribution in [2.45, 2.75) is 13.3 Å². The molecule has 3 aromatic rings. The molecule has 0 aliphatic carbocycles. The van der Waals surface area contributed by atoms with Crippen molar-refractivity contribution in [3.63, 3.8) is 0 Å². The number of pyridine rings is 1. The fourth-order valence-electron chi connectivity index (χ4n) is 2.14. The summed E-state index contributed by atoms with van der Waals surface area (Å²) in [4.78, 5) is 12.0. The van der Waals surface area contributed by atoms with Gasteiger partial charge in [-0.1, -0.05) is 6.92 Å². The zero-order valence-corrected chi connectivity index (χ0v) is 8.80. The summed E-state index contributed by atoms with van der Waals surface area (Å²) in [6.45, 7) is 1.82. The molecule has 3 heterocycles. The van der Waals surface area contributed by atoms with Gasteiger partial charge in [-0.05, 0) is 24.6 Å². The van der Waals surface area contributed by atoms with Crippen LogP contribution in [0.4, 0.5) is 0 Å². The first-order valence-electron chi connectivity index (χ1n) is 5.21. The van der Waals surface area contributed by atoms with Crippen LogP contribution >= 0.6 is 0 Å². The Kier molecular flexibility index (Phi) is 1.68. The average molecular weight is 214 g/mol. The van der Waals surface area contributed by atoms with Gasteiger partial charge in [-0.25, -0.2) is 9.20 Å². The van der Waals surface area contributed by atoms with Crippen molar-refractivity contribution in [2.75, 3.05) is 0 Å². The second-order valence-electron chi connectivity index (χ2n) is 3.79. The monoisotopic (exact) mass is 214 g/mol. The molecule has 4 nitrogen and oxygen atoms in total. The van der Waals surface area contributed by atoms with E-state index < -0.39 is 0 Å². The molecule has 3 rings (SSSR count). The molecule has 0 aliphatic heterocycles. The van der Waals surface area contributed by atoms with Crippen molar-refractivity contribution < 1.29 is 9.51 Å². The Morgan fingerprint density at radius 2 is 2.25 bits per heavy atom. The molecule has 0 saturated heterocycles. The Morgan fingerprint density at radius 3 is 3.00 bits per heavy atom. The summed E-state index contributed by atoms with van der Waals surface area (Å²) in [5, 5.41) is 12.9. The topological polar surface area (TPSA) is 48.6 Å². The van der Waals surface area contributed by atoms with Gasteiger partial charge in [-0.15, -0.1) is 0 Å². The number of hydrogen-bond donors (Lipinski definition) is 0. The summed E-state index contributed by atoms with van der Waals surface area (Å²) < 4.78 is 3.07. The molecule has 3 aromatic heterocycles. The molecule has 0 atom stereocenters. The van der Waals surface area contributed by atoms with Gasteiger partial charge in [-0.2, -0.15) is 4.40 Å². The van der Waals surface area contributed by atoms with Crippen LogP contribution in [0.5, 0.6) is 5.88 Å². The van der Waals surface area contributed by atoms with Crippen LogP contribution in [0.15, 0.2) is 35.4 Å². The van der Waals surface area contributed by atoms with Gasteiger partial charge < -0.3 is 5.11 Å². The van der Waals surface area contributed by atoms with E-state index in [9.17, 15) is 9.90 Å². The summed E-state index contributed by atoms with van der Waals surface area (Å²) in [5.74, 6) is -0.204. The molecule has 0 aromatic carbocycles. The van der Waals surface area contributed by atoms with Crippen LogP contribution in [-0.4, -0.2) is 4.40 Å². The Labute approximate surface area is 91.4 Å². The van der Waals surface area contributed by atoms with Crippen LogP contribution in [0, 0.1) is 0 Å². The first kappa shape index (κ1) is 9.15. The van der Waals surface area contributed by atoms with Gasteiger partial charge in [0.25, 0.3) is 0 Å². The summed E-state index contributed by atoms with van der Waals surface area (Å²) in [6.07, 6.45) is 3.87. The van der Waals surface area contributed by atoms with E-state index in [4.69, 9.17) is 0 Å². The average Bonchev–Trinajstić information content (AvgIpc) is 2.72. The van der Waals surface area contributed by atoms with Gasteiger partial charge in [0.15, 0.2) is 0 Å². The Morgan fingerprint density at radius 1 is 1.44 bits per heavy atom. The SMILES string of the molecule is CCc1c([O-])[n+]2cccc3ccn(c1=O)c32. The molecule has 0 aliphatic rings. The van der Waals surface area contributed by atoms with Crippen molar-refractivity contribution in [3.8, 4) is 5.88 Å². The molecule has 0 spiro atoms. The van der Waals surface area contributed by atoms with Gasteiger partial charge in [-0.3, -0.25) is 0 Å². The standard InChI is InChI=1S/C12H10N2O2/c1-2-9-11(15)13-6-3-4-8-5-7-14(10(8)13)12(9)16/h3-7H,2H2,1H3. The number of hydrogen-bond acceptors (Lipinski definition) is 2. The van der Waals surface area contributed by atoms with Crippen LogP contribution in [0.25, 0.3) is 11.0 Å². The lowest BCUT2D eigenvalue weighted by Gasteiger charge is -2.09. The van der Waals surface area contributed by atoms with Gasteiger partial charge >= 0.3 is 11.2 Å².